The Morgan fingerprint density at radius 1 is 1.44 bits per heavy atom. The molecule has 1 aromatic rings. The summed E-state index contributed by atoms with van der Waals surface area (Å²) >= 11 is 0. The third kappa shape index (κ3) is 2.10. The van der Waals surface area contributed by atoms with Gasteiger partial charge in [0.05, 0.1) is 5.75 Å². The van der Waals surface area contributed by atoms with Crippen LogP contribution in [0.3, 0.4) is 0 Å². The van der Waals surface area contributed by atoms with Crippen molar-refractivity contribution in [3.8, 4) is 0 Å². The Hall–Kier alpha value is -0.940. The molecule has 0 saturated carbocycles. The molecule has 88 valence electrons. The monoisotopic (exact) mass is 243 g/mol. The summed E-state index contributed by atoms with van der Waals surface area (Å²) < 4.78 is 37.9. The zero-order chi connectivity index (χ0) is 11.8. The molecule has 16 heavy (non-hydrogen) atoms. The first kappa shape index (κ1) is 11.5. The van der Waals surface area contributed by atoms with Crippen molar-refractivity contribution in [2.75, 3.05) is 12.3 Å². The van der Waals surface area contributed by atoms with Gasteiger partial charge in [-0.1, -0.05) is 12.1 Å². The van der Waals surface area contributed by atoms with Crippen molar-refractivity contribution >= 4 is 10.0 Å². The summed E-state index contributed by atoms with van der Waals surface area (Å²) in [7, 11) is -3.10. The topological polar surface area (TPSA) is 37.4 Å². The van der Waals surface area contributed by atoms with E-state index in [-0.39, 0.29) is 18.1 Å². The number of nitrogens with zero attached hydrogens (tertiary/aromatic N) is 1. The Kier molecular flexibility index (Phi) is 2.99. The molecule has 1 aliphatic heterocycles. The van der Waals surface area contributed by atoms with Crippen LogP contribution in [-0.4, -0.2) is 25.0 Å². The highest BCUT2D eigenvalue weighted by Crippen LogP contribution is 2.20. The molecule has 1 fully saturated rings. The molecule has 1 heterocycles. The third-order valence-corrected chi connectivity index (χ3v) is 4.83. The first-order valence-electron chi connectivity index (χ1n) is 5.22. The average Bonchev–Trinajstić information content (AvgIpc) is 2.54. The zero-order valence-corrected chi connectivity index (χ0v) is 9.93. The minimum Gasteiger partial charge on any atom is -0.212 e. The van der Waals surface area contributed by atoms with Crippen LogP contribution >= 0.6 is 0 Å². The molecule has 1 saturated heterocycles. The molecule has 0 bridgehead atoms. The minimum absolute atomic E-state index is 0.210. The van der Waals surface area contributed by atoms with E-state index in [4.69, 9.17) is 0 Å². The lowest BCUT2D eigenvalue weighted by atomic mass is 10.1. The van der Waals surface area contributed by atoms with Gasteiger partial charge in [-0.15, -0.1) is 0 Å². The van der Waals surface area contributed by atoms with Gasteiger partial charge >= 0.3 is 0 Å². The molecule has 5 heteroatoms. The fourth-order valence-corrected chi connectivity index (χ4v) is 3.38. The number of benzene rings is 1. The first-order valence-corrected chi connectivity index (χ1v) is 6.83. The van der Waals surface area contributed by atoms with Crippen LogP contribution in [0.25, 0.3) is 0 Å². The summed E-state index contributed by atoms with van der Waals surface area (Å²) in [5, 5.41) is 0. The Balaban J connectivity index is 2.25. The molecule has 1 aromatic carbocycles. The standard InChI is InChI=1S/C11H14FNO2S/c1-9-10(4-2-5-11(9)12)8-13-6-3-7-16(13,14)15/h2,4-5H,3,6-8H2,1H3. The zero-order valence-electron chi connectivity index (χ0n) is 9.11. The number of hydrogen-bond donors (Lipinski definition) is 0. The summed E-state index contributed by atoms with van der Waals surface area (Å²) in [5.74, 6) is -0.0736. The van der Waals surface area contributed by atoms with Gasteiger partial charge in [0.15, 0.2) is 0 Å². The predicted octanol–water partition coefficient (Wildman–Crippen LogP) is 1.67. The van der Waals surface area contributed by atoms with Crippen LogP contribution in [0.5, 0.6) is 0 Å². The lowest BCUT2D eigenvalue weighted by molar-refractivity contribution is 0.437. The SMILES string of the molecule is Cc1c(F)cccc1CN1CCCS1(=O)=O. The summed E-state index contributed by atoms with van der Waals surface area (Å²) in [6, 6.07) is 4.77. The Morgan fingerprint density at radius 2 is 2.19 bits per heavy atom. The maximum atomic E-state index is 13.3. The Morgan fingerprint density at radius 3 is 2.81 bits per heavy atom. The molecule has 0 radical (unpaired) electrons. The fraction of sp³-hybridized carbons (Fsp3) is 0.455. The van der Waals surface area contributed by atoms with Gasteiger partial charge < -0.3 is 0 Å². The molecule has 0 spiro atoms. The molecule has 0 N–H and O–H groups in total. The van der Waals surface area contributed by atoms with E-state index in [1.54, 1.807) is 19.1 Å². The van der Waals surface area contributed by atoms with Crippen LogP contribution in [0.1, 0.15) is 17.5 Å². The second-order valence-corrected chi connectivity index (χ2v) is 6.12. The molecule has 3 nitrogen and oxygen atoms in total. The van der Waals surface area contributed by atoms with E-state index >= 15 is 0 Å². The molecule has 0 atom stereocenters. The van der Waals surface area contributed by atoms with E-state index in [0.29, 0.717) is 18.5 Å². The van der Waals surface area contributed by atoms with Crippen LogP contribution in [-0.2, 0) is 16.6 Å². The van der Waals surface area contributed by atoms with Gasteiger partial charge in [0, 0.05) is 13.1 Å². The van der Waals surface area contributed by atoms with Gasteiger partial charge in [0.2, 0.25) is 10.0 Å². The summed E-state index contributed by atoms with van der Waals surface area (Å²) in [6.45, 7) is 2.50. The van der Waals surface area contributed by atoms with E-state index in [1.165, 1.54) is 10.4 Å². The van der Waals surface area contributed by atoms with Crippen LogP contribution in [0.2, 0.25) is 0 Å². The van der Waals surface area contributed by atoms with E-state index < -0.39 is 10.0 Å². The minimum atomic E-state index is -3.10. The van der Waals surface area contributed by atoms with Crippen LogP contribution in [0.4, 0.5) is 4.39 Å². The average molecular weight is 243 g/mol. The molecule has 0 unspecified atom stereocenters. The predicted molar refractivity (Wildman–Crippen MR) is 60.0 cm³/mol. The van der Waals surface area contributed by atoms with Crippen molar-refractivity contribution in [2.45, 2.75) is 19.9 Å². The van der Waals surface area contributed by atoms with Crippen LogP contribution < -0.4 is 0 Å². The summed E-state index contributed by atoms with van der Waals surface area (Å²) in [4.78, 5) is 0. The Labute approximate surface area is 94.9 Å². The second-order valence-electron chi connectivity index (χ2n) is 4.03. The number of sulfonamides is 1. The first-order chi connectivity index (χ1) is 7.50. The second kappa shape index (κ2) is 4.14. The Bertz CT molecular complexity index is 499. The van der Waals surface area contributed by atoms with Gasteiger partial charge in [-0.05, 0) is 30.5 Å². The largest absolute Gasteiger partial charge is 0.214 e. The lowest BCUT2D eigenvalue weighted by Gasteiger charge is -2.15. The molecule has 1 aliphatic rings. The van der Waals surface area contributed by atoms with Gasteiger partial charge in [0.1, 0.15) is 5.82 Å². The van der Waals surface area contributed by atoms with Crippen molar-refractivity contribution < 1.29 is 12.8 Å². The number of halogens is 1. The van der Waals surface area contributed by atoms with E-state index in [9.17, 15) is 12.8 Å². The van der Waals surface area contributed by atoms with Gasteiger partial charge in [-0.2, -0.15) is 4.31 Å². The summed E-state index contributed by atoms with van der Waals surface area (Å²) in [5.41, 5.74) is 1.27. The summed E-state index contributed by atoms with van der Waals surface area (Å²) in [6.07, 6.45) is 0.663. The molecule has 0 amide bonds. The number of rotatable bonds is 2. The van der Waals surface area contributed by atoms with Gasteiger partial charge in [-0.25, -0.2) is 12.8 Å². The maximum absolute atomic E-state index is 13.3. The highest BCUT2D eigenvalue weighted by Gasteiger charge is 2.28. The normalized spacial score (nSPS) is 20.1. The fourth-order valence-electron chi connectivity index (χ4n) is 1.88. The van der Waals surface area contributed by atoms with E-state index in [0.717, 1.165) is 5.56 Å². The van der Waals surface area contributed by atoms with Gasteiger partial charge in [-0.3, -0.25) is 0 Å². The van der Waals surface area contributed by atoms with Crippen LogP contribution in [0, 0.1) is 12.7 Å². The van der Waals surface area contributed by atoms with Crippen molar-refractivity contribution in [2.24, 2.45) is 0 Å². The molecule has 0 aliphatic carbocycles. The third-order valence-electron chi connectivity index (χ3n) is 2.93. The highest BCUT2D eigenvalue weighted by atomic mass is 32.2. The molecule has 0 aromatic heterocycles. The van der Waals surface area contributed by atoms with Crippen LogP contribution in [0.15, 0.2) is 18.2 Å². The van der Waals surface area contributed by atoms with Crippen molar-refractivity contribution in [1.29, 1.82) is 0 Å². The maximum Gasteiger partial charge on any atom is 0.214 e. The van der Waals surface area contributed by atoms with Crippen molar-refractivity contribution in [1.82, 2.24) is 4.31 Å². The van der Waals surface area contributed by atoms with Crippen molar-refractivity contribution in [3.05, 3.63) is 35.1 Å². The van der Waals surface area contributed by atoms with E-state index in [2.05, 4.69) is 0 Å². The highest BCUT2D eigenvalue weighted by molar-refractivity contribution is 7.89. The van der Waals surface area contributed by atoms with Gasteiger partial charge in [0.25, 0.3) is 0 Å². The molecular formula is C11H14FNO2S. The molecular weight excluding hydrogens is 229 g/mol. The number of hydrogen-bond acceptors (Lipinski definition) is 2. The smallest absolute Gasteiger partial charge is 0.212 e. The lowest BCUT2D eigenvalue weighted by Crippen LogP contribution is -2.25. The molecule has 2 rings (SSSR count). The van der Waals surface area contributed by atoms with E-state index in [1.807, 2.05) is 0 Å². The quantitative estimate of drug-likeness (QED) is 0.792. The van der Waals surface area contributed by atoms with Crippen molar-refractivity contribution in [3.63, 3.8) is 0 Å².